The third-order valence-electron chi connectivity index (χ3n) is 5.75. The number of nitrogens with one attached hydrogen (secondary N) is 2. The quantitative estimate of drug-likeness (QED) is 0.209. The van der Waals surface area contributed by atoms with Gasteiger partial charge in [-0.2, -0.15) is 0 Å². The summed E-state index contributed by atoms with van der Waals surface area (Å²) in [7, 11) is 0. The van der Waals surface area contributed by atoms with E-state index < -0.39 is 17.8 Å². The van der Waals surface area contributed by atoms with Crippen molar-refractivity contribution >= 4 is 40.1 Å². The van der Waals surface area contributed by atoms with E-state index in [9.17, 15) is 14.3 Å². The number of hydrogen-bond donors (Lipinski definition) is 3. The zero-order valence-electron chi connectivity index (χ0n) is 19.5. The SMILES string of the molecule is CCOc1cc(CNC(Cc2c[nH]c3ccccc23)C(=O)O)c(Cl)cc1OCc1ccc(F)cc1Cl. The van der Waals surface area contributed by atoms with E-state index >= 15 is 0 Å². The summed E-state index contributed by atoms with van der Waals surface area (Å²) >= 11 is 12.6. The van der Waals surface area contributed by atoms with Crippen molar-refractivity contribution in [2.24, 2.45) is 0 Å². The molecule has 3 N–H and O–H groups in total. The Kier molecular flexibility index (Phi) is 8.36. The predicted molar refractivity (Wildman–Crippen MR) is 139 cm³/mol. The van der Waals surface area contributed by atoms with Crippen molar-refractivity contribution in [2.45, 2.75) is 32.5 Å². The third-order valence-corrected chi connectivity index (χ3v) is 6.45. The van der Waals surface area contributed by atoms with Crippen LogP contribution in [0.3, 0.4) is 0 Å². The molecule has 0 amide bonds. The molecule has 0 radical (unpaired) electrons. The van der Waals surface area contributed by atoms with Crippen LogP contribution in [0.2, 0.25) is 10.0 Å². The summed E-state index contributed by atoms with van der Waals surface area (Å²) in [4.78, 5) is 15.1. The summed E-state index contributed by atoms with van der Waals surface area (Å²) in [6.45, 7) is 2.54. The number of ether oxygens (including phenoxy) is 2. The molecule has 0 saturated heterocycles. The first-order chi connectivity index (χ1) is 17.4. The van der Waals surface area contributed by atoms with Crippen molar-refractivity contribution in [1.82, 2.24) is 10.3 Å². The minimum absolute atomic E-state index is 0.0961. The van der Waals surface area contributed by atoms with Crippen molar-refractivity contribution in [3.8, 4) is 11.5 Å². The fraction of sp³-hybridized carbons (Fsp3) is 0.222. The fourth-order valence-electron chi connectivity index (χ4n) is 3.89. The van der Waals surface area contributed by atoms with Crippen LogP contribution in [0.4, 0.5) is 4.39 Å². The molecule has 4 rings (SSSR count). The molecule has 3 aromatic carbocycles. The highest BCUT2D eigenvalue weighted by Gasteiger charge is 2.21. The second kappa shape index (κ2) is 11.6. The van der Waals surface area contributed by atoms with Gasteiger partial charge in [-0.05, 0) is 42.3 Å². The van der Waals surface area contributed by atoms with E-state index in [2.05, 4.69) is 10.3 Å². The maximum absolute atomic E-state index is 13.3. The summed E-state index contributed by atoms with van der Waals surface area (Å²) in [5, 5.41) is 14.5. The lowest BCUT2D eigenvalue weighted by atomic mass is 10.0. The Bertz CT molecular complexity index is 1380. The smallest absolute Gasteiger partial charge is 0.321 e. The van der Waals surface area contributed by atoms with Gasteiger partial charge in [-0.15, -0.1) is 0 Å². The van der Waals surface area contributed by atoms with Crippen molar-refractivity contribution in [2.75, 3.05) is 6.61 Å². The minimum Gasteiger partial charge on any atom is -0.490 e. The average molecular weight is 531 g/mol. The first-order valence-corrected chi connectivity index (χ1v) is 12.1. The van der Waals surface area contributed by atoms with Crippen molar-refractivity contribution in [1.29, 1.82) is 0 Å². The fourth-order valence-corrected chi connectivity index (χ4v) is 4.33. The lowest BCUT2D eigenvalue weighted by Gasteiger charge is -2.18. The van der Waals surface area contributed by atoms with Crippen LogP contribution in [0.25, 0.3) is 10.9 Å². The van der Waals surface area contributed by atoms with Crippen LogP contribution in [0, 0.1) is 5.82 Å². The van der Waals surface area contributed by atoms with Crippen LogP contribution in [-0.4, -0.2) is 28.7 Å². The van der Waals surface area contributed by atoms with Gasteiger partial charge in [0.25, 0.3) is 0 Å². The molecule has 0 saturated carbocycles. The molecule has 9 heteroatoms. The average Bonchev–Trinajstić information content (AvgIpc) is 3.26. The number of carbonyl (C=O) groups is 1. The van der Waals surface area contributed by atoms with E-state index in [1.807, 2.05) is 37.4 Å². The molecule has 0 aliphatic rings. The van der Waals surface area contributed by atoms with Gasteiger partial charge in [0.05, 0.1) is 11.6 Å². The number of aromatic nitrogens is 1. The number of aromatic amines is 1. The van der Waals surface area contributed by atoms with Crippen LogP contribution in [0.1, 0.15) is 23.6 Å². The Morgan fingerprint density at radius 2 is 1.78 bits per heavy atom. The highest BCUT2D eigenvalue weighted by Crippen LogP contribution is 2.35. The van der Waals surface area contributed by atoms with E-state index in [-0.39, 0.29) is 18.2 Å². The third kappa shape index (κ3) is 6.10. The molecule has 36 heavy (non-hydrogen) atoms. The largest absolute Gasteiger partial charge is 0.490 e. The van der Waals surface area contributed by atoms with Gasteiger partial charge in [-0.25, -0.2) is 4.39 Å². The Morgan fingerprint density at radius 3 is 2.53 bits per heavy atom. The Morgan fingerprint density at radius 1 is 1.03 bits per heavy atom. The predicted octanol–water partition coefficient (Wildman–Crippen LogP) is 6.38. The van der Waals surface area contributed by atoms with Gasteiger partial charge < -0.3 is 19.6 Å². The molecule has 6 nitrogen and oxygen atoms in total. The topological polar surface area (TPSA) is 83.6 Å². The Hall–Kier alpha value is -3.26. The highest BCUT2D eigenvalue weighted by atomic mass is 35.5. The second-order valence-corrected chi connectivity index (χ2v) is 9.00. The van der Waals surface area contributed by atoms with Crippen LogP contribution in [0.5, 0.6) is 11.5 Å². The molecule has 0 aliphatic carbocycles. The van der Waals surface area contributed by atoms with Crippen LogP contribution in [0.15, 0.2) is 60.8 Å². The van der Waals surface area contributed by atoms with E-state index in [1.165, 1.54) is 12.1 Å². The monoisotopic (exact) mass is 530 g/mol. The zero-order valence-corrected chi connectivity index (χ0v) is 21.0. The maximum atomic E-state index is 13.3. The number of carboxylic acid groups (broad SMARTS) is 1. The summed E-state index contributed by atoms with van der Waals surface area (Å²) < 4.78 is 24.9. The molecule has 0 spiro atoms. The van der Waals surface area contributed by atoms with E-state index in [1.54, 1.807) is 18.2 Å². The number of halogens is 3. The van der Waals surface area contributed by atoms with E-state index in [0.29, 0.717) is 40.7 Å². The van der Waals surface area contributed by atoms with Gasteiger partial charge >= 0.3 is 5.97 Å². The number of benzene rings is 3. The summed E-state index contributed by atoms with van der Waals surface area (Å²) in [5.41, 5.74) is 3.15. The number of H-pyrrole nitrogens is 1. The molecule has 1 atom stereocenters. The number of rotatable bonds is 11. The molecule has 188 valence electrons. The summed E-state index contributed by atoms with van der Waals surface area (Å²) in [5.74, 6) is -0.527. The zero-order chi connectivity index (χ0) is 25.7. The Labute approximate surface area is 217 Å². The van der Waals surface area contributed by atoms with Crippen molar-refractivity contribution in [3.63, 3.8) is 0 Å². The summed E-state index contributed by atoms with van der Waals surface area (Å²) in [6.07, 6.45) is 2.14. The summed E-state index contributed by atoms with van der Waals surface area (Å²) in [6, 6.07) is 14.4. The lowest BCUT2D eigenvalue weighted by molar-refractivity contribution is -0.139. The number of carboxylic acids is 1. The van der Waals surface area contributed by atoms with Gasteiger partial charge in [-0.3, -0.25) is 10.1 Å². The first-order valence-electron chi connectivity index (χ1n) is 11.4. The van der Waals surface area contributed by atoms with Gasteiger partial charge in [0.1, 0.15) is 18.5 Å². The molecule has 1 heterocycles. The van der Waals surface area contributed by atoms with Crippen molar-refractivity contribution < 1.29 is 23.8 Å². The minimum atomic E-state index is -0.961. The molecule has 0 aliphatic heterocycles. The standard InChI is InChI=1S/C27H25Cl2FN2O4/c1-2-35-25-10-18(22(29)12-26(25)36-15-16-7-8-19(30)11-21(16)28)14-32-24(27(33)34)9-17-13-31-23-6-4-3-5-20(17)23/h3-8,10-13,24,31-32H,2,9,14-15H2,1H3,(H,33,34). The molecule has 4 aromatic rings. The maximum Gasteiger partial charge on any atom is 0.321 e. The molecular formula is C27H25Cl2FN2O4. The highest BCUT2D eigenvalue weighted by molar-refractivity contribution is 6.31. The van der Waals surface area contributed by atoms with E-state index in [0.717, 1.165) is 16.5 Å². The number of para-hydroxylation sites is 1. The molecule has 1 aromatic heterocycles. The Balaban J connectivity index is 1.48. The lowest BCUT2D eigenvalue weighted by Crippen LogP contribution is -2.38. The number of hydrogen-bond acceptors (Lipinski definition) is 4. The second-order valence-electron chi connectivity index (χ2n) is 8.18. The van der Waals surface area contributed by atoms with E-state index in [4.69, 9.17) is 32.7 Å². The molecular weight excluding hydrogens is 506 g/mol. The first kappa shape index (κ1) is 25.8. The van der Waals surface area contributed by atoms with Gasteiger partial charge in [-0.1, -0.05) is 47.5 Å². The van der Waals surface area contributed by atoms with Crippen molar-refractivity contribution in [3.05, 3.63) is 93.3 Å². The normalized spacial score (nSPS) is 12.0. The van der Waals surface area contributed by atoms with Crippen LogP contribution < -0.4 is 14.8 Å². The number of aliphatic carboxylic acids is 1. The van der Waals surface area contributed by atoms with Gasteiger partial charge in [0.15, 0.2) is 11.5 Å². The number of fused-ring (bicyclic) bond motifs is 1. The van der Waals surface area contributed by atoms with Gasteiger partial charge in [0.2, 0.25) is 0 Å². The van der Waals surface area contributed by atoms with Crippen LogP contribution in [-0.2, 0) is 24.4 Å². The van der Waals surface area contributed by atoms with Crippen LogP contribution >= 0.6 is 23.2 Å². The molecule has 0 bridgehead atoms. The molecule has 1 unspecified atom stereocenters. The van der Waals surface area contributed by atoms with Gasteiger partial charge in [0, 0.05) is 46.7 Å². The molecule has 0 fully saturated rings.